The number of carbonyl (C=O) groups is 1. The van der Waals surface area contributed by atoms with E-state index < -0.39 is 0 Å². The van der Waals surface area contributed by atoms with Crippen LogP contribution < -0.4 is 0 Å². The normalized spacial score (nSPS) is 10.9. The highest BCUT2D eigenvalue weighted by Gasteiger charge is 2.08. The molecule has 1 aromatic carbocycles. The van der Waals surface area contributed by atoms with Crippen LogP contribution in [0.2, 0.25) is 0 Å². The minimum Gasteiger partial charge on any atom is -0.347 e. The molecule has 2 nitrogen and oxygen atoms in total. The Kier molecular flexibility index (Phi) is 2.35. The third-order valence-electron chi connectivity index (χ3n) is 3.11. The molecule has 2 heteroatoms. The maximum atomic E-state index is 10.5. The molecular weight excluding hydrogens is 186 g/mol. The number of carbonyl (C=O) groups excluding carboxylic acids is 1. The Labute approximate surface area is 89.5 Å². The Morgan fingerprint density at radius 2 is 2.07 bits per heavy atom. The summed E-state index contributed by atoms with van der Waals surface area (Å²) < 4.78 is 2.12. The van der Waals surface area contributed by atoms with Crippen molar-refractivity contribution in [1.29, 1.82) is 0 Å². The number of hydrogen-bond donors (Lipinski definition) is 0. The molecule has 0 aliphatic carbocycles. The van der Waals surface area contributed by atoms with Crippen LogP contribution in [0.3, 0.4) is 0 Å². The quantitative estimate of drug-likeness (QED) is 0.684. The van der Waals surface area contributed by atoms with E-state index in [2.05, 4.69) is 36.6 Å². The van der Waals surface area contributed by atoms with E-state index in [0.29, 0.717) is 6.42 Å². The zero-order chi connectivity index (χ0) is 11.0. The summed E-state index contributed by atoms with van der Waals surface area (Å²) in [6.45, 7) is 4.24. The molecule has 0 fully saturated rings. The molecule has 0 atom stereocenters. The summed E-state index contributed by atoms with van der Waals surface area (Å²) in [5.74, 6) is 0. The maximum absolute atomic E-state index is 10.5. The van der Waals surface area contributed by atoms with Crippen molar-refractivity contribution in [3.05, 3.63) is 35.0 Å². The number of aromatic nitrogens is 1. The Morgan fingerprint density at radius 3 is 2.73 bits per heavy atom. The highest BCUT2D eigenvalue weighted by molar-refractivity contribution is 5.85. The van der Waals surface area contributed by atoms with Gasteiger partial charge in [-0.15, -0.1) is 0 Å². The van der Waals surface area contributed by atoms with E-state index in [4.69, 9.17) is 0 Å². The van der Waals surface area contributed by atoms with Gasteiger partial charge < -0.3 is 9.36 Å². The SMILES string of the molecule is Cc1ccc2cc(CC=O)n(C)c2c1C. The van der Waals surface area contributed by atoms with Crippen LogP contribution in [-0.4, -0.2) is 10.9 Å². The second-order valence-electron chi connectivity index (χ2n) is 4.01. The Balaban J connectivity index is 2.77. The van der Waals surface area contributed by atoms with Crippen LogP contribution in [0.5, 0.6) is 0 Å². The number of benzene rings is 1. The summed E-state index contributed by atoms with van der Waals surface area (Å²) in [7, 11) is 2.02. The van der Waals surface area contributed by atoms with Crippen molar-refractivity contribution < 1.29 is 4.79 Å². The fraction of sp³-hybridized carbons (Fsp3) is 0.308. The molecule has 0 unspecified atom stereocenters. The fourth-order valence-corrected chi connectivity index (χ4v) is 2.08. The lowest BCUT2D eigenvalue weighted by Crippen LogP contribution is -1.98. The molecule has 1 aromatic heterocycles. The van der Waals surface area contributed by atoms with Crippen molar-refractivity contribution >= 4 is 17.2 Å². The smallest absolute Gasteiger partial charge is 0.125 e. The van der Waals surface area contributed by atoms with Gasteiger partial charge in [0.2, 0.25) is 0 Å². The second-order valence-corrected chi connectivity index (χ2v) is 4.01. The first-order valence-electron chi connectivity index (χ1n) is 5.13. The molecule has 0 radical (unpaired) electrons. The fourth-order valence-electron chi connectivity index (χ4n) is 2.08. The number of nitrogens with zero attached hydrogens (tertiary/aromatic N) is 1. The monoisotopic (exact) mass is 201 g/mol. The first kappa shape index (κ1) is 9.97. The summed E-state index contributed by atoms with van der Waals surface area (Å²) in [5, 5.41) is 1.22. The molecule has 0 bridgehead atoms. The first-order chi connectivity index (χ1) is 7.15. The molecular formula is C13H15NO. The van der Waals surface area contributed by atoms with Gasteiger partial charge in [0.25, 0.3) is 0 Å². The lowest BCUT2D eigenvalue weighted by molar-refractivity contribution is -0.107. The number of rotatable bonds is 2. The van der Waals surface area contributed by atoms with Gasteiger partial charge in [-0.3, -0.25) is 0 Å². The van der Waals surface area contributed by atoms with E-state index in [1.165, 1.54) is 22.0 Å². The van der Waals surface area contributed by atoms with Crippen LogP contribution in [0.15, 0.2) is 18.2 Å². The highest BCUT2D eigenvalue weighted by Crippen LogP contribution is 2.24. The van der Waals surface area contributed by atoms with Gasteiger partial charge in [-0.1, -0.05) is 12.1 Å². The van der Waals surface area contributed by atoms with Gasteiger partial charge in [-0.2, -0.15) is 0 Å². The molecule has 0 saturated carbocycles. The van der Waals surface area contributed by atoms with Gasteiger partial charge in [0.05, 0.1) is 5.52 Å². The summed E-state index contributed by atoms with van der Waals surface area (Å²) in [6.07, 6.45) is 1.44. The Hall–Kier alpha value is -1.57. The summed E-state index contributed by atoms with van der Waals surface area (Å²) >= 11 is 0. The summed E-state index contributed by atoms with van der Waals surface area (Å²) in [6, 6.07) is 6.34. The van der Waals surface area contributed by atoms with Crippen LogP contribution in [0.1, 0.15) is 16.8 Å². The predicted molar refractivity (Wildman–Crippen MR) is 62.2 cm³/mol. The highest BCUT2D eigenvalue weighted by atomic mass is 16.1. The molecule has 0 saturated heterocycles. The van der Waals surface area contributed by atoms with Crippen molar-refractivity contribution in [1.82, 2.24) is 4.57 Å². The van der Waals surface area contributed by atoms with E-state index in [1.807, 2.05) is 7.05 Å². The third kappa shape index (κ3) is 1.46. The molecule has 0 spiro atoms. The molecule has 0 aliphatic heterocycles. The lowest BCUT2D eigenvalue weighted by atomic mass is 10.1. The van der Waals surface area contributed by atoms with Gasteiger partial charge in [0, 0.05) is 24.5 Å². The second kappa shape index (κ2) is 3.54. The van der Waals surface area contributed by atoms with E-state index in [1.54, 1.807) is 0 Å². The Morgan fingerprint density at radius 1 is 1.33 bits per heavy atom. The molecule has 0 N–H and O–H groups in total. The van der Waals surface area contributed by atoms with E-state index in [0.717, 1.165) is 12.0 Å². The number of aldehydes is 1. The molecule has 2 aromatic rings. The van der Waals surface area contributed by atoms with Crippen LogP contribution in [-0.2, 0) is 18.3 Å². The summed E-state index contributed by atoms with van der Waals surface area (Å²) in [4.78, 5) is 10.5. The molecule has 0 aliphatic rings. The molecule has 1 heterocycles. The van der Waals surface area contributed by atoms with E-state index >= 15 is 0 Å². The lowest BCUT2D eigenvalue weighted by Gasteiger charge is -2.05. The zero-order valence-electron chi connectivity index (χ0n) is 9.37. The molecule has 0 amide bonds. The van der Waals surface area contributed by atoms with Crippen molar-refractivity contribution in [3.63, 3.8) is 0 Å². The first-order valence-corrected chi connectivity index (χ1v) is 5.13. The van der Waals surface area contributed by atoms with Gasteiger partial charge >= 0.3 is 0 Å². The van der Waals surface area contributed by atoms with Gasteiger partial charge in [0.15, 0.2) is 0 Å². The minimum atomic E-state index is 0.490. The topological polar surface area (TPSA) is 22.0 Å². The average Bonchev–Trinajstić information content (AvgIpc) is 2.52. The number of hydrogen-bond acceptors (Lipinski definition) is 1. The average molecular weight is 201 g/mol. The van der Waals surface area contributed by atoms with Gasteiger partial charge in [-0.25, -0.2) is 0 Å². The van der Waals surface area contributed by atoms with E-state index in [-0.39, 0.29) is 0 Å². The number of fused-ring (bicyclic) bond motifs is 1. The third-order valence-corrected chi connectivity index (χ3v) is 3.11. The molecule has 78 valence electrons. The predicted octanol–water partition coefficient (Wildman–Crippen LogP) is 2.54. The Bertz CT molecular complexity index is 523. The van der Waals surface area contributed by atoms with Crippen LogP contribution in [0.25, 0.3) is 10.9 Å². The zero-order valence-corrected chi connectivity index (χ0v) is 9.37. The van der Waals surface area contributed by atoms with Crippen LogP contribution in [0.4, 0.5) is 0 Å². The summed E-state index contributed by atoms with van der Waals surface area (Å²) in [5.41, 5.74) is 4.91. The van der Waals surface area contributed by atoms with Crippen LogP contribution >= 0.6 is 0 Å². The minimum absolute atomic E-state index is 0.490. The number of aryl methyl sites for hydroxylation is 3. The maximum Gasteiger partial charge on any atom is 0.125 e. The van der Waals surface area contributed by atoms with Crippen molar-refractivity contribution in [3.8, 4) is 0 Å². The van der Waals surface area contributed by atoms with Crippen molar-refractivity contribution in [2.45, 2.75) is 20.3 Å². The molecule has 15 heavy (non-hydrogen) atoms. The largest absolute Gasteiger partial charge is 0.347 e. The van der Waals surface area contributed by atoms with Gasteiger partial charge in [-0.05, 0) is 31.0 Å². The van der Waals surface area contributed by atoms with E-state index in [9.17, 15) is 4.79 Å². The van der Waals surface area contributed by atoms with Crippen LogP contribution in [0, 0.1) is 13.8 Å². The van der Waals surface area contributed by atoms with Gasteiger partial charge in [0.1, 0.15) is 6.29 Å². The standard InChI is InChI=1S/C13H15NO/c1-9-4-5-11-8-12(6-7-15)14(3)13(11)10(9)2/h4-5,7-8H,6H2,1-3H3. The van der Waals surface area contributed by atoms with Crippen molar-refractivity contribution in [2.75, 3.05) is 0 Å². The van der Waals surface area contributed by atoms with Crippen molar-refractivity contribution in [2.24, 2.45) is 7.05 Å². The molecule has 2 rings (SSSR count).